The zero-order valence-electron chi connectivity index (χ0n) is 13.7. The van der Waals surface area contributed by atoms with E-state index >= 15 is 0 Å². The van der Waals surface area contributed by atoms with E-state index in [1.165, 1.54) is 11.1 Å². The maximum Gasteiger partial charge on any atom is 0.217 e. The number of sulfonamides is 1. The largest absolute Gasteiger partial charge is 0.275 e. The van der Waals surface area contributed by atoms with Crippen molar-refractivity contribution in [3.8, 4) is 0 Å². The molecule has 24 heavy (non-hydrogen) atoms. The van der Waals surface area contributed by atoms with Crippen LogP contribution in [-0.2, 0) is 29.9 Å². The molecule has 126 valence electrons. The summed E-state index contributed by atoms with van der Waals surface area (Å²) in [6.45, 7) is 1.01. The highest BCUT2D eigenvalue weighted by atomic mass is 32.2. The molecular formula is C18H21N3O2S. The van der Waals surface area contributed by atoms with Gasteiger partial charge in [-0.15, -0.1) is 0 Å². The Hall–Kier alpha value is -1.92. The van der Waals surface area contributed by atoms with Gasteiger partial charge in [0, 0.05) is 31.9 Å². The van der Waals surface area contributed by atoms with Crippen LogP contribution >= 0.6 is 0 Å². The lowest BCUT2D eigenvalue weighted by molar-refractivity contribution is 0.433. The van der Waals surface area contributed by atoms with Crippen molar-refractivity contribution in [3.63, 3.8) is 0 Å². The van der Waals surface area contributed by atoms with Gasteiger partial charge in [-0.1, -0.05) is 30.3 Å². The minimum absolute atomic E-state index is 0.330. The van der Waals surface area contributed by atoms with Crippen LogP contribution in [-0.4, -0.2) is 40.8 Å². The molecule has 1 aliphatic heterocycles. The standard InChI is InChI=1S/C18H21N3O2S/c1-20-12-17(11-19-20)16-7-4-8-21(13-16)24(22,23)18-9-14-5-2-3-6-15(14)10-18/h2-3,5-7,11-12,18H,4,8-10,13H2,1H3. The molecule has 1 aromatic heterocycles. The number of hydrogen-bond donors (Lipinski definition) is 0. The van der Waals surface area contributed by atoms with Gasteiger partial charge in [-0.05, 0) is 36.0 Å². The summed E-state index contributed by atoms with van der Waals surface area (Å²) < 4.78 is 29.6. The number of hydrogen-bond acceptors (Lipinski definition) is 3. The third-order valence-electron chi connectivity index (χ3n) is 4.99. The van der Waals surface area contributed by atoms with Crippen LogP contribution in [0.3, 0.4) is 0 Å². The first-order valence-electron chi connectivity index (χ1n) is 8.28. The summed E-state index contributed by atoms with van der Waals surface area (Å²) in [6, 6.07) is 8.06. The van der Waals surface area contributed by atoms with Gasteiger partial charge in [-0.25, -0.2) is 8.42 Å². The van der Waals surface area contributed by atoms with Crippen molar-refractivity contribution >= 4 is 15.6 Å². The minimum atomic E-state index is -3.30. The van der Waals surface area contributed by atoms with Gasteiger partial charge >= 0.3 is 0 Å². The second-order valence-corrected chi connectivity index (χ2v) is 8.81. The van der Waals surface area contributed by atoms with Crippen molar-refractivity contribution < 1.29 is 8.42 Å². The van der Waals surface area contributed by atoms with Crippen molar-refractivity contribution in [2.75, 3.05) is 13.1 Å². The zero-order chi connectivity index (χ0) is 16.7. The van der Waals surface area contributed by atoms with Crippen molar-refractivity contribution in [1.82, 2.24) is 14.1 Å². The highest BCUT2D eigenvalue weighted by molar-refractivity contribution is 7.89. The van der Waals surface area contributed by atoms with E-state index in [0.29, 0.717) is 25.9 Å². The molecule has 4 rings (SSSR count). The molecule has 5 nitrogen and oxygen atoms in total. The maximum atomic E-state index is 13.1. The molecule has 0 radical (unpaired) electrons. The van der Waals surface area contributed by atoms with Crippen LogP contribution in [0.25, 0.3) is 5.57 Å². The van der Waals surface area contributed by atoms with Crippen LogP contribution in [0.4, 0.5) is 0 Å². The highest BCUT2D eigenvalue weighted by Gasteiger charge is 2.37. The molecule has 0 amide bonds. The number of rotatable bonds is 3. The Morgan fingerprint density at radius 2 is 1.88 bits per heavy atom. The molecule has 0 saturated heterocycles. The van der Waals surface area contributed by atoms with Crippen LogP contribution in [0.15, 0.2) is 42.7 Å². The van der Waals surface area contributed by atoms with Gasteiger partial charge < -0.3 is 0 Å². The van der Waals surface area contributed by atoms with Gasteiger partial charge in [0.1, 0.15) is 0 Å². The van der Waals surface area contributed by atoms with E-state index in [1.54, 1.807) is 15.2 Å². The average Bonchev–Trinajstić information content (AvgIpc) is 3.21. The Bertz CT molecular complexity index is 873. The number of benzene rings is 1. The average molecular weight is 343 g/mol. The number of fused-ring (bicyclic) bond motifs is 1. The Morgan fingerprint density at radius 1 is 1.17 bits per heavy atom. The molecule has 0 unspecified atom stereocenters. The van der Waals surface area contributed by atoms with Crippen LogP contribution in [0.5, 0.6) is 0 Å². The van der Waals surface area contributed by atoms with Crippen molar-refractivity contribution in [2.45, 2.75) is 24.5 Å². The smallest absolute Gasteiger partial charge is 0.217 e. The minimum Gasteiger partial charge on any atom is -0.275 e. The van der Waals surface area contributed by atoms with Gasteiger partial charge in [-0.2, -0.15) is 9.40 Å². The van der Waals surface area contributed by atoms with E-state index < -0.39 is 10.0 Å². The zero-order valence-corrected chi connectivity index (χ0v) is 14.5. The molecule has 1 aliphatic carbocycles. The second-order valence-electron chi connectivity index (χ2n) is 6.60. The van der Waals surface area contributed by atoms with Gasteiger partial charge in [0.2, 0.25) is 10.0 Å². The molecule has 2 aromatic rings. The van der Waals surface area contributed by atoms with Gasteiger partial charge in [-0.3, -0.25) is 4.68 Å². The molecule has 1 aromatic carbocycles. The quantitative estimate of drug-likeness (QED) is 0.857. The topological polar surface area (TPSA) is 55.2 Å². The first-order valence-corrected chi connectivity index (χ1v) is 9.78. The fraction of sp³-hybridized carbons (Fsp3) is 0.389. The lowest BCUT2D eigenvalue weighted by Gasteiger charge is -2.29. The first-order chi connectivity index (χ1) is 11.5. The lowest BCUT2D eigenvalue weighted by Crippen LogP contribution is -2.42. The summed E-state index contributed by atoms with van der Waals surface area (Å²) in [4.78, 5) is 0. The van der Waals surface area contributed by atoms with Crippen molar-refractivity contribution in [2.24, 2.45) is 7.05 Å². The third kappa shape index (κ3) is 2.70. The van der Waals surface area contributed by atoms with Crippen LogP contribution in [0, 0.1) is 0 Å². The molecule has 0 N–H and O–H groups in total. The van der Waals surface area contributed by atoms with E-state index in [1.807, 2.05) is 37.5 Å². The summed E-state index contributed by atoms with van der Waals surface area (Å²) in [5, 5.41) is 3.86. The molecule has 2 aliphatic rings. The lowest BCUT2D eigenvalue weighted by atomic mass is 10.1. The molecule has 2 heterocycles. The molecule has 0 fully saturated rings. The third-order valence-corrected chi connectivity index (χ3v) is 7.19. The number of aromatic nitrogens is 2. The van der Waals surface area contributed by atoms with E-state index in [0.717, 1.165) is 17.6 Å². The molecule has 0 saturated carbocycles. The van der Waals surface area contributed by atoms with E-state index in [-0.39, 0.29) is 5.25 Å². The summed E-state index contributed by atoms with van der Waals surface area (Å²) >= 11 is 0. The fourth-order valence-corrected chi connectivity index (χ4v) is 5.55. The SMILES string of the molecule is Cn1cc(C2=CCCN(S(=O)(=O)C3Cc4ccccc4C3)C2)cn1. The van der Waals surface area contributed by atoms with E-state index in [4.69, 9.17) is 0 Å². The normalized spacial score (nSPS) is 19.3. The molecule has 0 atom stereocenters. The monoisotopic (exact) mass is 343 g/mol. The fourth-order valence-electron chi connectivity index (χ4n) is 3.67. The Balaban J connectivity index is 1.55. The highest BCUT2D eigenvalue weighted by Crippen LogP contribution is 2.30. The predicted octanol–water partition coefficient (Wildman–Crippen LogP) is 2.01. The van der Waals surface area contributed by atoms with Gasteiger partial charge in [0.15, 0.2) is 0 Å². The van der Waals surface area contributed by atoms with Crippen molar-refractivity contribution in [1.29, 1.82) is 0 Å². The Labute approximate surface area is 142 Å². The predicted molar refractivity (Wildman–Crippen MR) is 93.9 cm³/mol. The van der Waals surface area contributed by atoms with Crippen molar-refractivity contribution in [3.05, 3.63) is 59.4 Å². The van der Waals surface area contributed by atoms with Crippen LogP contribution in [0.1, 0.15) is 23.1 Å². The number of aryl methyl sites for hydroxylation is 1. The molecule has 0 spiro atoms. The second kappa shape index (κ2) is 5.86. The van der Waals surface area contributed by atoms with E-state index in [9.17, 15) is 8.42 Å². The van der Waals surface area contributed by atoms with Crippen LogP contribution in [0.2, 0.25) is 0 Å². The molecule has 0 bridgehead atoms. The Morgan fingerprint density at radius 3 is 2.50 bits per heavy atom. The summed E-state index contributed by atoms with van der Waals surface area (Å²) in [5.74, 6) is 0. The summed E-state index contributed by atoms with van der Waals surface area (Å²) in [6.07, 6.45) is 7.87. The Kier molecular flexibility index (Phi) is 3.81. The number of nitrogens with zero attached hydrogens (tertiary/aromatic N) is 3. The first kappa shape index (κ1) is 15.6. The van der Waals surface area contributed by atoms with Crippen LogP contribution < -0.4 is 0 Å². The summed E-state index contributed by atoms with van der Waals surface area (Å²) in [5.41, 5.74) is 4.40. The molecule has 6 heteroatoms. The maximum absolute atomic E-state index is 13.1. The van der Waals surface area contributed by atoms with Gasteiger partial charge in [0.05, 0.1) is 11.4 Å². The summed E-state index contributed by atoms with van der Waals surface area (Å²) in [7, 11) is -1.43. The molecular weight excluding hydrogens is 322 g/mol. The van der Waals surface area contributed by atoms with E-state index in [2.05, 4.69) is 11.2 Å². The van der Waals surface area contributed by atoms with Gasteiger partial charge in [0.25, 0.3) is 0 Å².